The van der Waals surface area contributed by atoms with Gasteiger partial charge in [0, 0.05) is 6.20 Å². The maximum absolute atomic E-state index is 11.5. The lowest BCUT2D eigenvalue weighted by Crippen LogP contribution is -2.27. The maximum atomic E-state index is 11.5. The number of ether oxygens (including phenoxy) is 1. The molecule has 0 aromatic carbocycles. The molecule has 0 spiro atoms. The van der Waals surface area contributed by atoms with E-state index in [1.807, 2.05) is 33.8 Å². The number of aryl methyl sites for hydroxylation is 1. The Morgan fingerprint density at radius 1 is 1.44 bits per heavy atom. The van der Waals surface area contributed by atoms with Crippen LogP contribution in [0.1, 0.15) is 26.3 Å². The SMILES string of the molecule is Cc1cncc(NC(=O)COC(C)(C)C)c1. The number of rotatable bonds is 3. The lowest BCUT2D eigenvalue weighted by molar-refractivity contribution is -0.125. The summed E-state index contributed by atoms with van der Waals surface area (Å²) < 4.78 is 5.36. The first-order valence-electron chi connectivity index (χ1n) is 5.22. The van der Waals surface area contributed by atoms with Crippen LogP contribution in [0.5, 0.6) is 0 Å². The Morgan fingerprint density at radius 2 is 2.12 bits per heavy atom. The molecule has 0 saturated heterocycles. The van der Waals surface area contributed by atoms with Gasteiger partial charge in [0.1, 0.15) is 6.61 Å². The highest BCUT2D eigenvalue weighted by Crippen LogP contribution is 2.09. The molecule has 1 aromatic rings. The average molecular weight is 222 g/mol. The predicted molar refractivity (Wildman–Crippen MR) is 63.3 cm³/mol. The minimum absolute atomic E-state index is 0.0530. The van der Waals surface area contributed by atoms with Crippen LogP contribution < -0.4 is 5.32 Å². The lowest BCUT2D eigenvalue weighted by Gasteiger charge is -2.18. The van der Waals surface area contributed by atoms with Gasteiger partial charge in [0.25, 0.3) is 0 Å². The summed E-state index contributed by atoms with van der Waals surface area (Å²) in [5.74, 6) is -0.165. The van der Waals surface area contributed by atoms with Crippen molar-refractivity contribution in [3.8, 4) is 0 Å². The quantitative estimate of drug-likeness (QED) is 0.852. The Balaban J connectivity index is 2.46. The first-order chi connectivity index (χ1) is 7.37. The van der Waals surface area contributed by atoms with Gasteiger partial charge >= 0.3 is 0 Å². The molecule has 0 aliphatic carbocycles. The number of pyridine rings is 1. The summed E-state index contributed by atoms with van der Waals surface area (Å²) in [6, 6.07) is 1.86. The monoisotopic (exact) mass is 222 g/mol. The molecule has 4 heteroatoms. The summed E-state index contributed by atoms with van der Waals surface area (Å²) >= 11 is 0. The zero-order valence-corrected chi connectivity index (χ0v) is 10.2. The number of hydrogen-bond donors (Lipinski definition) is 1. The van der Waals surface area contributed by atoms with Crippen molar-refractivity contribution in [3.63, 3.8) is 0 Å². The lowest BCUT2D eigenvalue weighted by atomic mass is 10.2. The van der Waals surface area contributed by atoms with Gasteiger partial charge in [-0.3, -0.25) is 9.78 Å². The molecule has 0 unspecified atom stereocenters. The molecule has 1 heterocycles. The molecule has 1 rings (SSSR count). The summed E-state index contributed by atoms with van der Waals surface area (Å²) in [5.41, 5.74) is 1.40. The third kappa shape index (κ3) is 4.89. The molecule has 0 fully saturated rings. The van der Waals surface area contributed by atoms with Crippen LogP contribution in [0.15, 0.2) is 18.5 Å². The number of nitrogens with one attached hydrogen (secondary N) is 1. The summed E-state index contributed by atoms with van der Waals surface area (Å²) in [6.07, 6.45) is 3.35. The van der Waals surface area contributed by atoms with E-state index in [2.05, 4.69) is 10.3 Å². The highest BCUT2D eigenvalue weighted by molar-refractivity contribution is 5.91. The second kappa shape index (κ2) is 5.07. The number of anilines is 1. The van der Waals surface area contributed by atoms with Crippen molar-refractivity contribution < 1.29 is 9.53 Å². The standard InChI is InChI=1S/C12H18N2O2/c1-9-5-10(7-13-6-9)14-11(15)8-16-12(2,3)4/h5-7H,8H2,1-4H3,(H,14,15). The maximum Gasteiger partial charge on any atom is 0.250 e. The van der Waals surface area contributed by atoms with Crippen molar-refractivity contribution in [1.29, 1.82) is 0 Å². The van der Waals surface area contributed by atoms with Gasteiger partial charge in [-0.25, -0.2) is 0 Å². The van der Waals surface area contributed by atoms with Crippen molar-refractivity contribution in [2.24, 2.45) is 0 Å². The molecule has 0 bridgehead atoms. The van der Waals surface area contributed by atoms with Gasteiger partial charge in [0.2, 0.25) is 5.91 Å². The number of carbonyl (C=O) groups excluding carboxylic acids is 1. The molecular weight excluding hydrogens is 204 g/mol. The number of hydrogen-bond acceptors (Lipinski definition) is 3. The van der Waals surface area contributed by atoms with E-state index in [1.54, 1.807) is 12.4 Å². The van der Waals surface area contributed by atoms with Crippen LogP contribution in [0.2, 0.25) is 0 Å². The molecule has 0 radical (unpaired) electrons. The minimum Gasteiger partial charge on any atom is -0.366 e. The summed E-state index contributed by atoms with van der Waals surface area (Å²) in [6.45, 7) is 7.71. The van der Waals surface area contributed by atoms with Crippen LogP contribution in [0, 0.1) is 6.92 Å². The summed E-state index contributed by atoms with van der Waals surface area (Å²) in [4.78, 5) is 15.5. The van der Waals surface area contributed by atoms with E-state index < -0.39 is 0 Å². The van der Waals surface area contributed by atoms with E-state index in [1.165, 1.54) is 0 Å². The third-order valence-electron chi connectivity index (χ3n) is 1.79. The Labute approximate surface area is 96.0 Å². The molecule has 4 nitrogen and oxygen atoms in total. The van der Waals surface area contributed by atoms with Gasteiger partial charge < -0.3 is 10.1 Å². The van der Waals surface area contributed by atoms with E-state index in [9.17, 15) is 4.79 Å². The average Bonchev–Trinajstić information content (AvgIpc) is 2.14. The number of amides is 1. The van der Waals surface area contributed by atoms with Gasteiger partial charge in [-0.2, -0.15) is 0 Å². The molecule has 1 aromatic heterocycles. The van der Waals surface area contributed by atoms with Gasteiger partial charge in [-0.1, -0.05) is 0 Å². The fourth-order valence-corrected chi connectivity index (χ4v) is 1.10. The first kappa shape index (κ1) is 12.6. The van der Waals surface area contributed by atoms with Crippen LogP contribution in [-0.4, -0.2) is 23.1 Å². The minimum atomic E-state index is -0.303. The van der Waals surface area contributed by atoms with E-state index in [-0.39, 0.29) is 18.1 Å². The van der Waals surface area contributed by atoms with Crippen molar-refractivity contribution in [2.75, 3.05) is 11.9 Å². The Bertz CT molecular complexity index is 370. The van der Waals surface area contributed by atoms with Crippen LogP contribution in [0.4, 0.5) is 5.69 Å². The predicted octanol–water partition coefficient (Wildman–Crippen LogP) is 2.14. The summed E-state index contributed by atoms with van der Waals surface area (Å²) in [5, 5.41) is 2.73. The zero-order chi connectivity index (χ0) is 12.2. The van der Waals surface area contributed by atoms with Gasteiger partial charge in [-0.15, -0.1) is 0 Å². The van der Waals surface area contributed by atoms with E-state index in [0.29, 0.717) is 5.69 Å². The van der Waals surface area contributed by atoms with E-state index in [0.717, 1.165) is 5.56 Å². The first-order valence-corrected chi connectivity index (χ1v) is 5.22. The van der Waals surface area contributed by atoms with Crippen LogP contribution in [0.25, 0.3) is 0 Å². The highest BCUT2D eigenvalue weighted by atomic mass is 16.5. The molecule has 1 amide bonds. The second-order valence-corrected chi connectivity index (χ2v) is 4.70. The number of aromatic nitrogens is 1. The van der Waals surface area contributed by atoms with Crippen molar-refractivity contribution in [2.45, 2.75) is 33.3 Å². The Hall–Kier alpha value is -1.42. The van der Waals surface area contributed by atoms with Crippen LogP contribution in [-0.2, 0) is 9.53 Å². The fraction of sp³-hybridized carbons (Fsp3) is 0.500. The van der Waals surface area contributed by atoms with Crippen molar-refractivity contribution in [1.82, 2.24) is 4.98 Å². The molecule has 0 aliphatic rings. The number of nitrogens with zero attached hydrogens (tertiary/aromatic N) is 1. The van der Waals surface area contributed by atoms with Gasteiger partial charge in [-0.05, 0) is 39.3 Å². The summed E-state index contributed by atoms with van der Waals surface area (Å²) in [7, 11) is 0. The molecule has 0 aliphatic heterocycles. The van der Waals surface area contributed by atoms with Crippen LogP contribution in [0.3, 0.4) is 0 Å². The Kier molecular flexibility index (Phi) is 4.01. The molecule has 1 N–H and O–H groups in total. The highest BCUT2D eigenvalue weighted by Gasteiger charge is 2.12. The smallest absolute Gasteiger partial charge is 0.250 e. The van der Waals surface area contributed by atoms with E-state index >= 15 is 0 Å². The van der Waals surface area contributed by atoms with Gasteiger partial charge in [0.05, 0.1) is 17.5 Å². The third-order valence-corrected chi connectivity index (χ3v) is 1.79. The largest absolute Gasteiger partial charge is 0.366 e. The van der Waals surface area contributed by atoms with Crippen LogP contribution >= 0.6 is 0 Å². The second-order valence-electron chi connectivity index (χ2n) is 4.70. The van der Waals surface area contributed by atoms with E-state index in [4.69, 9.17) is 4.74 Å². The molecule has 88 valence electrons. The zero-order valence-electron chi connectivity index (χ0n) is 10.2. The molecule has 0 saturated carbocycles. The number of carbonyl (C=O) groups is 1. The molecular formula is C12H18N2O2. The molecule has 0 atom stereocenters. The normalized spacial score (nSPS) is 11.2. The Morgan fingerprint density at radius 3 is 2.69 bits per heavy atom. The fourth-order valence-electron chi connectivity index (χ4n) is 1.10. The topological polar surface area (TPSA) is 51.2 Å². The molecule has 16 heavy (non-hydrogen) atoms. The van der Waals surface area contributed by atoms with Gasteiger partial charge in [0.15, 0.2) is 0 Å². The van der Waals surface area contributed by atoms with Crippen molar-refractivity contribution in [3.05, 3.63) is 24.0 Å². The van der Waals surface area contributed by atoms with Crippen molar-refractivity contribution >= 4 is 11.6 Å².